The summed E-state index contributed by atoms with van der Waals surface area (Å²) in [4.78, 5) is 24.6. The molecule has 0 bridgehead atoms. The molecule has 0 saturated carbocycles. The summed E-state index contributed by atoms with van der Waals surface area (Å²) in [5, 5.41) is 29.9. The number of amides is 2. The minimum Gasteiger partial charge on any atom is -0.508 e. The van der Waals surface area contributed by atoms with Crippen molar-refractivity contribution in [2.75, 3.05) is 25.0 Å². The smallest absolute Gasteiger partial charge is 0.337 e. The van der Waals surface area contributed by atoms with Gasteiger partial charge < -0.3 is 25.5 Å². The molecule has 1 aromatic carbocycles. The molecule has 0 radical (unpaired) electrons. The van der Waals surface area contributed by atoms with Crippen LogP contribution in [0.25, 0.3) is 0 Å². The maximum Gasteiger partial charge on any atom is 0.337 e. The van der Waals surface area contributed by atoms with Crippen molar-refractivity contribution in [1.82, 2.24) is 4.90 Å². The third kappa shape index (κ3) is 3.00. The Morgan fingerprint density at radius 2 is 2.15 bits per heavy atom. The Bertz CT molecular complexity index is 531. The molecule has 20 heavy (non-hydrogen) atoms. The zero-order valence-electron chi connectivity index (χ0n) is 10.7. The average molecular weight is 280 g/mol. The van der Waals surface area contributed by atoms with Crippen LogP contribution in [0.1, 0.15) is 16.8 Å². The second-order valence-corrected chi connectivity index (χ2v) is 4.75. The van der Waals surface area contributed by atoms with Crippen LogP contribution in [0.2, 0.25) is 0 Å². The molecule has 1 atom stereocenters. The number of rotatable bonds is 3. The number of urea groups is 1. The minimum absolute atomic E-state index is 0.0311. The highest BCUT2D eigenvalue weighted by Crippen LogP contribution is 2.23. The van der Waals surface area contributed by atoms with E-state index >= 15 is 0 Å². The lowest BCUT2D eigenvalue weighted by Crippen LogP contribution is -2.33. The highest BCUT2D eigenvalue weighted by atomic mass is 16.4. The summed E-state index contributed by atoms with van der Waals surface area (Å²) in [7, 11) is 0. The van der Waals surface area contributed by atoms with Gasteiger partial charge in [-0.25, -0.2) is 9.59 Å². The Balaban J connectivity index is 2.10. The van der Waals surface area contributed by atoms with E-state index in [-0.39, 0.29) is 29.5 Å². The predicted octanol–water partition coefficient (Wildman–Crippen LogP) is 0.937. The van der Waals surface area contributed by atoms with Crippen LogP contribution in [0, 0.1) is 5.92 Å². The summed E-state index contributed by atoms with van der Waals surface area (Å²) in [6, 6.07) is 3.33. The number of anilines is 1. The number of likely N-dealkylation sites (tertiary alicyclic amines) is 1. The second kappa shape index (κ2) is 5.79. The van der Waals surface area contributed by atoms with Crippen LogP contribution in [-0.2, 0) is 0 Å². The van der Waals surface area contributed by atoms with E-state index in [4.69, 9.17) is 10.2 Å². The molecular weight excluding hydrogens is 264 g/mol. The van der Waals surface area contributed by atoms with Gasteiger partial charge in [0.05, 0.1) is 11.3 Å². The molecule has 0 aliphatic carbocycles. The monoisotopic (exact) mass is 280 g/mol. The number of hydrogen-bond acceptors (Lipinski definition) is 4. The number of carbonyl (C=O) groups excluding carboxylic acids is 1. The van der Waals surface area contributed by atoms with Crippen LogP contribution < -0.4 is 5.32 Å². The van der Waals surface area contributed by atoms with Gasteiger partial charge in [0.15, 0.2) is 0 Å². The summed E-state index contributed by atoms with van der Waals surface area (Å²) in [6.07, 6.45) is 0.727. The Hall–Kier alpha value is -2.28. The first-order valence-electron chi connectivity index (χ1n) is 6.24. The van der Waals surface area contributed by atoms with Crippen molar-refractivity contribution in [3.8, 4) is 5.75 Å². The molecule has 1 aliphatic rings. The molecule has 1 heterocycles. The first-order chi connectivity index (χ1) is 9.51. The summed E-state index contributed by atoms with van der Waals surface area (Å²) >= 11 is 0. The molecule has 2 amide bonds. The highest BCUT2D eigenvalue weighted by Gasteiger charge is 2.26. The van der Waals surface area contributed by atoms with Gasteiger partial charge in [-0.05, 0) is 24.6 Å². The van der Waals surface area contributed by atoms with E-state index in [9.17, 15) is 14.7 Å². The summed E-state index contributed by atoms with van der Waals surface area (Å²) in [5.41, 5.74) is -0.0380. The van der Waals surface area contributed by atoms with Crippen molar-refractivity contribution in [3.63, 3.8) is 0 Å². The van der Waals surface area contributed by atoms with Gasteiger partial charge in [0.25, 0.3) is 0 Å². The maximum absolute atomic E-state index is 12.0. The molecule has 4 N–H and O–H groups in total. The van der Waals surface area contributed by atoms with Crippen LogP contribution in [0.5, 0.6) is 5.75 Å². The largest absolute Gasteiger partial charge is 0.508 e. The Kier molecular flexibility index (Phi) is 4.09. The Morgan fingerprint density at radius 3 is 2.75 bits per heavy atom. The van der Waals surface area contributed by atoms with Crippen molar-refractivity contribution in [2.45, 2.75) is 6.42 Å². The molecule has 1 aromatic rings. The number of hydrogen-bond donors (Lipinski definition) is 4. The third-order valence-electron chi connectivity index (χ3n) is 3.31. The fraction of sp³-hybridized carbons (Fsp3) is 0.385. The number of nitrogens with zero attached hydrogens (tertiary/aromatic N) is 1. The zero-order chi connectivity index (χ0) is 14.7. The molecule has 2 rings (SSSR count). The van der Waals surface area contributed by atoms with E-state index in [0.29, 0.717) is 13.1 Å². The van der Waals surface area contributed by atoms with Crippen molar-refractivity contribution >= 4 is 17.7 Å². The number of aliphatic hydroxyl groups excluding tert-OH is 1. The van der Waals surface area contributed by atoms with Gasteiger partial charge in [0, 0.05) is 25.6 Å². The summed E-state index contributed by atoms with van der Waals surface area (Å²) < 4.78 is 0. The van der Waals surface area contributed by atoms with Crippen LogP contribution in [0.15, 0.2) is 18.2 Å². The number of phenols is 1. The topological polar surface area (TPSA) is 110 Å². The number of carboxylic acid groups (broad SMARTS) is 1. The van der Waals surface area contributed by atoms with Crippen molar-refractivity contribution in [2.24, 2.45) is 5.92 Å². The van der Waals surface area contributed by atoms with Crippen LogP contribution in [0.3, 0.4) is 0 Å². The van der Waals surface area contributed by atoms with Gasteiger partial charge >= 0.3 is 12.0 Å². The third-order valence-corrected chi connectivity index (χ3v) is 3.31. The molecule has 1 aliphatic heterocycles. The number of aromatic hydroxyl groups is 1. The maximum atomic E-state index is 12.0. The molecule has 0 aromatic heterocycles. The second-order valence-electron chi connectivity index (χ2n) is 4.75. The minimum atomic E-state index is -1.23. The standard InChI is InChI=1S/C13H16N2O5/c16-7-8-3-4-15(6-8)13(20)14-11-2-1-9(17)5-10(11)12(18)19/h1-2,5,8,16-17H,3-4,6-7H2,(H,14,20)(H,18,19). The number of aromatic carboxylic acids is 1. The Labute approximate surface area is 115 Å². The van der Waals surface area contributed by atoms with E-state index in [1.54, 1.807) is 0 Å². The van der Waals surface area contributed by atoms with Gasteiger partial charge in [0.2, 0.25) is 0 Å². The summed E-state index contributed by atoms with van der Waals surface area (Å²) in [5.74, 6) is -1.34. The van der Waals surface area contributed by atoms with E-state index in [1.807, 2.05) is 0 Å². The summed E-state index contributed by atoms with van der Waals surface area (Å²) in [6.45, 7) is 1.00. The number of aliphatic hydroxyl groups is 1. The van der Waals surface area contributed by atoms with Crippen molar-refractivity contribution in [3.05, 3.63) is 23.8 Å². The van der Waals surface area contributed by atoms with E-state index < -0.39 is 12.0 Å². The number of phenolic OH excluding ortho intramolecular Hbond substituents is 1. The molecule has 1 unspecified atom stereocenters. The molecule has 7 heteroatoms. The van der Waals surface area contributed by atoms with Crippen molar-refractivity contribution < 1.29 is 24.9 Å². The average Bonchev–Trinajstić information content (AvgIpc) is 2.89. The van der Waals surface area contributed by atoms with Crippen LogP contribution >= 0.6 is 0 Å². The normalized spacial score (nSPS) is 18.1. The SMILES string of the molecule is O=C(O)c1cc(O)ccc1NC(=O)N1CCC(CO)C1. The Morgan fingerprint density at radius 1 is 1.40 bits per heavy atom. The number of carboxylic acids is 1. The lowest BCUT2D eigenvalue weighted by Gasteiger charge is -2.18. The van der Waals surface area contributed by atoms with E-state index in [1.165, 1.54) is 17.0 Å². The molecule has 7 nitrogen and oxygen atoms in total. The molecule has 0 spiro atoms. The fourth-order valence-electron chi connectivity index (χ4n) is 2.18. The first kappa shape index (κ1) is 14.1. The van der Waals surface area contributed by atoms with E-state index in [0.717, 1.165) is 12.5 Å². The fourth-order valence-corrected chi connectivity index (χ4v) is 2.18. The quantitative estimate of drug-likeness (QED) is 0.616. The van der Waals surface area contributed by atoms with Gasteiger partial charge in [0.1, 0.15) is 5.75 Å². The highest BCUT2D eigenvalue weighted by molar-refractivity contribution is 6.00. The number of benzene rings is 1. The lowest BCUT2D eigenvalue weighted by atomic mass is 10.1. The van der Waals surface area contributed by atoms with Gasteiger partial charge in [-0.3, -0.25) is 0 Å². The first-order valence-corrected chi connectivity index (χ1v) is 6.24. The van der Waals surface area contributed by atoms with Crippen LogP contribution in [0.4, 0.5) is 10.5 Å². The zero-order valence-corrected chi connectivity index (χ0v) is 10.7. The molecule has 1 saturated heterocycles. The van der Waals surface area contributed by atoms with Gasteiger partial charge in [-0.1, -0.05) is 0 Å². The van der Waals surface area contributed by atoms with E-state index in [2.05, 4.69) is 5.32 Å². The predicted molar refractivity (Wildman–Crippen MR) is 70.9 cm³/mol. The van der Waals surface area contributed by atoms with Gasteiger partial charge in [-0.2, -0.15) is 0 Å². The molecular formula is C13H16N2O5. The lowest BCUT2D eigenvalue weighted by molar-refractivity contribution is 0.0697. The molecule has 1 fully saturated rings. The number of nitrogens with one attached hydrogen (secondary N) is 1. The van der Waals surface area contributed by atoms with Gasteiger partial charge in [-0.15, -0.1) is 0 Å². The molecule has 108 valence electrons. The number of carbonyl (C=O) groups is 2. The van der Waals surface area contributed by atoms with Crippen LogP contribution in [-0.4, -0.2) is 51.9 Å². The van der Waals surface area contributed by atoms with Crippen molar-refractivity contribution in [1.29, 1.82) is 0 Å².